The molecule has 0 aromatic rings. The van der Waals surface area contributed by atoms with Crippen molar-refractivity contribution in [3.8, 4) is 0 Å². The summed E-state index contributed by atoms with van der Waals surface area (Å²) in [6.45, 7) is 2.74. The van der Waals surface area contributed by atoms with E-state index in [9.17, 15) is 4.79 Å². The van der Waals surface area contributed by atoms with E-state index in [0.717, 1.165) is 39.0 Å². The Balaban J connectivity index is 1.63. The summed E-state index contributed by atoms with van der Waals surface area (Å²) < 4.78 is 5.55. The van der Waals surface area contributed by atoms with E-state index in [2.05, 4.69) is 5.32 Å². The Morgan fingerprint density at radius 3 is 2.94 bits per heavy atom. The van der Waals surface area contributed by atoms with E-state index in [1.54, 1.807) is 0 Å². The Kier molecular flexibility index (Phi) is 4.80. The molecule has 2 fully saturated rings. The maximum Gasteiger partial charge on any atom is 0.222 e. The molecule has 17 heavy (non-hydrogen) atoms. The lowest BCUT2D eigenvalue weighted by atomic mass is 10.1. The van der Waals surface area contributed by atoms with Gasteiger partial charge in [-0.15, -0.1) is 0 Å². The molecule has 4 heteroatoms. The third-order valence-corrected chi connectivity index (χ3v) is 3.80. The summed E-state index contributed by atoms with van der Waals surface area (Å²) in [7, 11) is 1.89. The maximum absolute atomic E-state index is 11.9. The average molecular weight is 240 g/mol. The molecule has 0 aromatic carbocycles. The van der Waals surface area contributed by atoms with Crippen LogP contribution in [0.5, 0.6) is 0 Å². The van der Waals surface area contributed by atoms with Crippen LogP contribution in [0, 0.1) is 0 Å². The van der Waals surface area contributed by atoms with Gasteiger partial charge in [0.05, 0.1) is 6.10 Å². The topological polar surface area (TPSA) is 41.6 Å². The molecule has 2 saturated heterocycles. The van der Waals surface area contributed by atoms with E-state index in [4.69, 9.17) is 4.74 Å². The third-order valence-electron chi connectivity index (χ3n) is 3.80. The molecule has 2 aliphatic rings. The number of carbonyl (C=O) groups is 1. The fourth-order valence-corrected chi connectivity index (χ4v) is 2.69. The second kappa shape index (κ2) is 6.36. The molecule has 0 radical (unpaired) electrons. The number of ether oxygens (including phenoxy) is 1. The van der Waals surface area contributed by atoms with Gasteiger partial charge in [-0.2, -0.15) is 0 Å². The number of carbonyl (C=O) groups excluding carboxylic acids is 1. The van der Waals surface area contributed by atoms with Crippen LogP contribution in [0.25, 0.3) is 0 Å². The molecular formula is C13H24N2O2. The fourth-order valence-electron chi connectivity index (χ4n) is 2.69. The minimum atomic E-state index is 0.259. The smallest absolute Gasteiger partial charge is 0.222 e. The molecule has 4 nitrogen and oxygen atoms in total. The predicted octanol–water partition coefficient (Wildman–Crippen LogP) is 1.16. The first-order valence-corrected chi connectivity index (χ1v) is 6.84. The molecule has 1 amide bonds. The van der Waals surface area contributed by atoms with Gasteiger partial charge < -0.3 is 15.0 Å². The van der Waals surface area contributed by atoms with Crippen molar-refractivity contribution in [3.05, 3.63) is 0 Å². The van der Waals surface area contributed by atoms with Crippen LogP contribution in [0.3, 0.4) is 0 Å². The van der Waals surface area contributed by atoms with Crippen LogP contribution in [0.4, 0.5) is 0 Å². The summed E-state index contributed by atoms with van der Waals surface area (Å²) in [6.07, 6.45) is 6.64. The van der Waals surface area contributed by atoms with Crippen LogP contribution in [0.15, 0.2) is 0 Å². The van der Waals surface area contributed by atoms with Crippen LogP contribution in [-0.4, -0.2) is 49.7 Å². The van der Waals surface area contributed by atoms with Crippen LogP contribution < -0.4 is 5.32 Å². The van der Waals surface area contributed by atoms with E-state index < -0.39 is 0 Å². The first-order chi connectivity index (χ1) is 8.25. The standard InChI is InChI=1S/C13H24N2O2/c1-15(10-12-5-3-9-17-12)13(16)7-6-11-4-2-8-14-11/h11-12,14H,2-10H2,1H3. The van der Waals surface area contributed by atoms with Crippen molar-refractivity contribution >= 4 is 5.91 Å². The van der Waals surface area contributed by atoms with Crippen molar-refractivity contribution in [2.75, 3.05) is 26.7 Å². The van der Waals surface area contributed by atoms with Crippen LogP contribution in [0.1, 0.15) is 38.5 Å². The Bertz CT molecular complexity index is 246. The number of hydrogen-bond donors (Lipinski definition) is 1. The number of nitrogens with zero attached hydrogens (tertiary/aromatic N) is 1. The van der Waals surface area contributed by atoms with Gasteiger partial charge in [0, 0.05) is 32.7 Å². The van der Waals surface area contributed by atoms with Crippen molar-refractivity contribution in [1.29, 1.82) is 0 Å². The first-order valence-electron chi connectivity index (χ1n) is 6.84. The van der Waals surface area contributed by atoms with Crippen molar-refractivity contribution in [2.45, 2.75) is 50.7 Å². The molecule has 2 atom stereocenters. The van der Waals surface area contributed by atoms with Crippen molar-refractivity contribution in [2.24, 2.45) is 0 Å². The number of likely N-dealkylation sites (N-methyl/N-ethyl adjacent to an activating group) is 1. The molecule has 0 bridgehead atoms. The number of amides is 1. The van der Waals surface area contributed by atoms with Gasteiger partial charge in [0.15, 0.2) is 0 Å². The maximum atomic E-state index is 11.9. The van der Waals surface area contributed by atoms with Crippen molar-refractivity contribution in [3.63, 3.8) is 0 Å². The van der Waals surface area contributed by atoms with Gasteiger partial charge in [0.1, 0.15) is 0 Å². The number of hydrogen-bond acceptors (Lipinski definition) is 3. The number of rotatable bonds is 5. The summed E-state index contributed by atoms with van der Waals surface area (Å²) in [5.74, 6) is 0.259. The van der Waals surface area contributed by atoms with Gasteiger partial charge in [-0.1, -0.05) is 0 Å². The highest BCUT2D eigenvalue weighted by Gasteiger charge is 2.21. The van der Waals surface area contributed by atoms with Gasteiger partial charge in [-0.3, -0.25) is 4.79 Å². The van der Waals surface area contributed by atoms with Gasteiger partial charge >= 0.3 is 0 Å². The molecule has 2 aliphatic heterocycles. The molecule has 2 rings (SSSR count). The Morgan fingerprint density at radius 2 is 2.29 bits per heavy atom. The molecule has 98 valence electrons. The van der Waals surface area contributed by atoms with Gasteiger partial charge in [-0.25, -0.2) is 0 Å². The van der Waals surface area contributed by atoms with E-state index in [0.29, 0.717) is 12.5 Å². The molecule has 0 spiro atoms. The van der Waals surface area contributed by atoms with Crippen molar-refractivity contribution < 1.29 is 9.53 Å². The molecular weight excluding hydrogens is 216 g/mol. The molecule has 1 N–H and O–H groups in total. The number of nitrogens with one attached hydrogen (secondary N) is 1. The monoisotopic (exact) mass is 240 g/mol. The zero-order valence-electron chi connectivity index (χ0n) is 10.8. The fraction of sp³-hybridized carbons (Fsp3) is 0.923. The zero-order valence-corrected chi connectivity index (χ0v) is 10.8. The molecule has 0 aliphatic carbocycles. The van der Waals surface area contributed by atoms with E-state index in [1.165, 1.54) is 12.8 Å². The molecule has 0 aromatic heterocycles. The highest BCUT2D eigenvalue weighted by molar-refractivity contribution is 5.75. The Morgan fingerprint density at radius 1 is 1.41 bits per heavy atom. The van der Waals surface area contributed by atoms with E-state index in [-0.39, 0.29) is 12.0 Å². The van der Waals surface area contributed by atoms with Gasteiger partial charge in [0.25, 0.3) is 0 Å². The lowest BCUT2D eigenvalue weighted by Gasteiger charge is -2.21. The second-order valence-corrected chi connectivity index (χ2v) is 5.24. The largest absolute Gasteiger partial charge is 0.376 e. The Hall–Kier alpha value is -0.610. The molecule has 2 heterocycles. The van der Waals surface area contributed by atoms with Gasteiger partial charge in [0.2, 0.25) is 5.91 Å². The minimum absolute atomic E-state index is 0.259. The highest BCUT2D eigenvalue weighted by Crippen LogP contribution is 2.15. The summed E-state index contributed by atoms with van der Waals surface area (Å²) in [4.78, 5) is 13.8. The van der Waals surface area contributed by atoms with Crippen LogP contribution in [-0.2, 0) is 9.53 Å². The SMILES string of the molecule is CN(CC1CCCO1)C(=O)CCC1CCCN1. The van der Waals surface area contributed by atoms with Gasteiger partial charge in [-0.05, 0) is 38.6 Å². The normalized spacial score (nSPS) is 28.5. The lowest BCUT2D eigenvalue weighted by molar-refractivity contribution is -0.131. The van der Waals surface area contributed by atoms with E-state index >= 15 is 0 Å². The van der Waals surface area contributed by atoms with Crippen LogP contribution in [0.2, 0.25) is 0 Å². The summed E-state index contributed by atoms with van der Waals surface area (Å²) >= 11 is 0. The summed E-state index contributed by atoms with van der Waals surface area (Å²) in [6, 6.07) is 0.565. The lowest BCUT2D eigenvalue weighted by Crippen LogP contribution is -2.35. The highest BCUT2D eigenvalue weighted by atomic mass is 16.5. The molecule has 2 unspecified atom stereocenters. The van der Waals surface area contributed by atoms with E-state index in [1.807, 2.05) is 11.9 Å². The first kappa shape index (κ1) is 12.8. The van der Waals surface area contributed by atoms with Crippen molar-refractivity contribution in [1.82, 2.24) is 10.2 Å². The third kappa shape index (κ3) is 3.96. The quantitative estimate of drug-likeness (QED) is 0.784. The predicted molar refractivity (Wildman–Crippen MR) is 66.9 cm³/mol. The second-order valence-electron chi connectivity index (χ2n) is 5.24. The molecule has 0 saturated carbocycles. The van der Waals surface area contributed by atoms with Crippen LogP contribution >= 0.6 is 0 Å². The average Bonchev–Trinajstić information content (AvgIpc) is 2.98. The summed E-state index contributed by atoms with van der Waals surface area (Å²) in [5.41, 5.74) is 0. The zero-order chi connectivity index (χ0) is 12.1. The summed E-state index contributed by atoms with van der Waals surface area (Å²) in [5, 5.41) is 3.43. The Labute approximate surface area is 104 Å². The minimum Gasteiger partial charge on any atom is -0.376 e.